The maximum Gasteiger partial charge on any atom is 0.416 e. The molecule has 34 heavy (non-hydrogen) atoms. The van der Waals surface area contributed by atoms with Crippen LogP contribution in [0.5, 0.6) is 0 Å². The van der Waals surface area contributed by atoms with Crippen LogP contribution in [0.2, 0.25) is 0 Å². The number of ether oxygens (including phenoxy) is 1. The third-order valence-electron chi connectivity index (χ3n) is 6.58. The van der Waals surface area contributed by atoms with Crippen molar-refractivity contribution in [1.29, 1.82) is 0 Å². The lowest BCUT2D eigenvalue weighted by molar-refractivity contribution is -0.138. The zero-order valence-corrected chi connectivity index (χ0v) is 18.5. The highest BCUT2D eigenvalue weighted by Crippen LogP contribution is 2.41. The fourth-order valence-electron chi connectivity index (χ4n) is 4.57. The maximum atomic E-state index is 13.8. The maximum absolute atomic E-state index is 13.8. The van der Waals surface area contributed by atoms with Crippen molar-refractivity contribution in [3.8, 4) is 0 Å². The van der Waals surface area contributed by atoms with E-state index in [0.717, 1.165) is 17.5 Å². The van der Waals surface area contributed by atoms with Crippen LogP contribution in [0.1, 0.15) is 50.2 Å². The number of carbonyl (C=O) groups is 2. The van der Waals surface area contributed by atoms with Gasteiger partial charge in [-0.25, -0.2) is 0 Å². The number of halogens is 3. The van der Waals surface area contributed by atoms with Gasteiger partial charge in [-0.2, -0.15) is 13.2 Å². The van der Waals surface area contributed by atoms with Crippen molar-refractivity contribution in [1.82, 2.24) is 14.8 Å². The Hall–Kier alpha value is -3.53. The van der Waals surface area contributed by atoms with E-state index >= 15 is 0 Å². The molecule has 0 radical (unpaired) electrons. The van der Waals surface area contributed by atoms with E-state index in [1.807, 2.05) is 23.7 Å². The monoisotopic (exact) mass is 470 g/mol. The number of benzene rings is 2. The Balaban J connectivity index is 1.52. The molecule has 1 amide bonds. The molecule has 1 fully saturated rings. The van der Waals surface area contributed by atoms with Crippen LogP contribution >= 0.6 is 0 Å². The van der Waals surface area contributed by atoms with Crippen molar-refractivity contribution >= 4 is 17.4 Å². The van der Waals surface area contributed by atoms with Crippen molar-refractivity contribution in [2.75, 3.05) is 18.1 Å². The Bertz CT molecular complexity index is 1310. The number of ketones is 1. The Morgan fingerprint density at radius 2 is 1.97 bits per heavy atom. The van der Waals surface area contributed by atoms with E-state index < -0.39 is 23.4 Å². The number of carbonyl (C=O) groups excluding carboxylic acids is 2. The van der Waals surface area contributed by atoms with E-state index in [1.165, 1.54) is 17.9 Å². The second kappa shape index (κ2) is 7.76. The van der Waals surface area contributed by atoms with Crippen LogP contribution in [-0.2, 0) is 36.3 Å². The van der Waals surface area contributed by atoms with Crippen LogP contribution in [0.4, 0.5) is 18.9 Å². The van der Waals surface area contributed by atoms with Crippen LogP contribution in [0, 0.1) is 0 Å². The van der Waals surface area contributed by atoms with Gasteiger partial charge in [-0.3, -0.25) is 9.59 Å². The molecule has 10 heteroatoms. The molecule has 3 aromatic rings. The number of aromatic nitrogens is 3. The van der Waals surface area contributed by atoms with Gasteiger partial charge in [0.15, 0.2) is 5.78 Å². The zero-order chi connectivity index (χ0) is 24.3. The van der Waals surface area contributed by atoms with Crippen molar-refractivity contribution < 1.29 is 27.5 Å². The third kappa shape index (κ3) is 3.58. The lowest BCUT2D eigenvalue weighted by Crippen LogP contribution is -2.49. The summed E-state index contributed by atoms with van der Waals surface area (Å²) in [5.41, 5.74) is -0.271. The number of anilines is 1. The van der Waals surface area contributed by atoms with Crippen molar-refractivity contribution in [2.45, 2.75) is 31.5 Å². The van der Waals surface area contributed by atoms with Gasteiger partial charge < -0.3 is 14.2 Å². The minimum atomic E-state index is -4.68. The lowest BCUT2D eigenvalue weighted by Gasteiger charge is -2.42. The molecule has 3 heterocycles. The molecule has 0 atom stereocenters. The molecule has 1 saturated heterocycles. The topological polar surface area (TPSA) is 77.3 Å². The summed E-state index contributed by atoms with van der Waals surface area (Å²) in [5, 5.41) is 8.08. The highest BCUT2D eigenvalue weighted by atomic mass is 19.4. The number of alkyl halides is 3. The summed E-state index contributed by atoms with van der Waals surface area (Å²) in [6, 6.07) is 9.31. The molecule has 2 aliphatic heterocycles. The number of fused-ring (bicyclic) bond motifs is 1. The summed E-state index contributed by atoms with van der Waals surface area (Å²) >= 11 is 0. The highest BCUT2D eigenvalue weighted by molar-refractivity contribution is 6.11. The van der Waals surface area contributed by atoms with Gasteiger partial charge in [-0.15, -0.1) is 10.2 Å². The van der Waals surface area contributed by atoms with Crippen LogP contribution in [0.25, 0.3) is 0 Å². The Morgan fingerprint density at radius 3 is 2.56 bits per heavy atom. The van der Waals surface area contributed by atoms with Gasteiger partial charge in [-0.1, -0.05) is 12.1 Å². The van der Waals surface area contributed by atoms with E-state index in [-0.39, 0.29) is 28.7 Å². The molecule has 2 aliphatic rings. The number of amides is 1. The first kappa shape index (κ1) is 22.3. The molecule has 7 nitrogen and oxygen atoms in total. The Morgan fingerprint density at radius 1 is 1.21 bits per heavy atom. The lowest BCUT2D eigenvalue weighted by atomic mass is 9.75. The Kier molecular flexibility index (Phi) is 5.09. The second-order valence-corrected chi connectivity index (χ2v) is 8.85. The van der Waals surface area contributed by atoms with Gasteiger partial charge in [0, 0.05) is 35.7 Å². The summed E-state index contributed by atoms with van der Waals surface area (Å²) < 4.78 is 48.6. The van der Waals surface area contributed by atoms with Crippen molar-refractivity contribution in [2.24, 2.45) is 7.05 Å². The third-order valence-corrected chi connectivity index (χ3v) is 6.58. The Labute approximate surface area is 193 Å². The number of Topliss-reactive ketones (excluding diaryl/α,β-unsaturated/α-hetero) is 1. The first-order chi connectivity index (χ1) is 16.1. The van der Waals surface area contributed by atoms with E-state index in [1.54, 1.807) is 18.5 Å². The van der Waals surface area contributed by atoms with Crippen molar-refractivity contribution in [3.05, 3.63) is 76.4 Å². The summed E-state index contributed by atoms with van der Waals surface area (Å²) in [5.74, 6) is -0.310. The molecule has 0 unspecified atom stereocenters. The van der Waals surface area contributed by atoms with Crippen LogP contribution in [-0.4, -0.2) is 39.7 Å². The second-order valence-electron chi connectivity index (χ2n) is 8.85. The molecule has 0 saturated carbocycles. The van der Waals surface area contributed by atoms with Gasteiger partial charge in [0.1, 0.15) is 12.2 Å². The molecular formula is C24H21F3N4O3. The number of rotatable bonds is 5. The number of nitrogens with zero attached hydrogens (tertiary/aromatic N) is 4. The average Bonchev–Trinajstić information content (AvgIpc) is 3.32. The molecule has 0 N–H and O–H groups in total. The highest BCUT2D eigenvalue weighted by Gasteiger charge is 2.43. The van der Waals surface area contributed by atoms with Gasteiger partial charge in [0.05, 0.1) is 25.3 Å². The number of hydrogen-bond acceptors (Lipinski definition) is 5. The summed E-state index contributed by atoms with van der Waals surface area (Å²) in [6.45, 7) is 1.87. The normalized spacial score (nSPS) is 17.0. The first-order valence-electron chi connectivity index (χ1n) is 10.7. The van der Waals surface area contributed by atoms with Crippen LogP contribution < -0.4 is 4.90 Å². The summed E-state index contributed by atoms with van der Waals surface area (Å²) in [7, 11) is 1.85. The molecule has 1 aromatic heterocycles. The smallest absolute Gasteiger partial charge is 0.379 e. The SMILES string of the molecule is CC(=O)c1cc2c(c(C(F)(F)F)c1)CN(c1cccc(C3(Cc4nncn4C)COC3)c1)C2=O. The molecule has 2 aromatic carbocycles. The fraction of sp³-hybridized carbons (Fsp3) is 0.333. The van der Waals surface area contributed by atoms with Crippen LogP contribution in [0.15, 0.2) is 42.7 Å². The quantitative estimate of drug-likeness (QED) is 0.532. The predicted octanol–water partition coefficient (Wildman–Crippen LogP) is 3.71. The molecule has 176 valence electrons. The van der Waals surface area contributed by atoms with E-state index in [9.17, 15) is 22.8 Å². The van der Waals surface area contributed by atoms with E-state index in [2.05, 4.69) is 10.2 Å². The van der Waals surface area contributed by atoms with Crippen molar-refractivity contribution in [3.63, 3.8) is 0 Å². The molecular weight excluding hydrogens is 449 g/mol. The number of hydrogen-bond donors (Lipinski definition) is 0. The van der Waals surface area contributed by atoms with E-state index in [4.69, 9.17) is 4.74 Å². The molecule has 0 aliphatic carbocycles. The molecule has 0 spiro atoms. The largest absolute Gasteiger partial charge is 0.416 e. The predicted molar refractivity (Wildman–Crippen MR) is 116 cm³/mol. The number of aryl methyl sites for hydroxylation is 1. The summed E-state index contributed by atoms with van der Waals surface area (Å²) in [6.07, 6.45) is -2.49. The average molecular weight is 470 g/mol. The van der Waals surface area contributed by atoms with Gasteiger partial charge >= 0.3 is 6.18 Å². The zero-order valence-electron chi connectivity index (χ0n) is 18.5. The van der Waals surface area contributed by atoms with Gasteiger partial charge in [0.25, 0.3) is 5.91 Å². The van der Waals surface area contributed by atoms with Crippen LogP contribution in [0.3, 0.4) is 0 Å². The molecule has 0 bridgehead atoms. The molecule has 5 rings (SSSR count). The summed E-state index contributed by atoms with van der Waals surface area (Å²) in [4.78, 5) is 26.3. The van der Waals surface area contributed by atoms with E-state index in [0.29, 0.717) is 25.3 Å². The van der Waals surface area contributed by atoms with Gasteiger partial charge in [0.2, 0.25) is 0 Å². The minimum absolute atomic E-state index is 0.0915. The standard InChI is InChI=1S/C24H21F3N4O3/c1-14(32)15-6-18-19(20(7-15)24(25,26)27)10-31(22(18)33)17-5-3-4-16(8-17)23(11-34-12-23)9-21-29-28-13-30(21)2/h3-8,13H,9-12H2,1-2H3. The first-order valence-corrected chi connectivity index (χ1v) is 10.7. The fourth-order valence-corrected chi connectivity index (χ4v) is 4.57. The van der Waals surface area contributed by atoms with Gasteiger partial charge in [-0.05, 0) is 42.3 Å². The minimum Gasteiger partial charge on any atom is -0.379 e.